The molecular formula is C10H15N3O3S. The lowest BCUT2D eigenvalue weighted by Gasteiger charge is -2.21. The Hall–Kier alpha value is -1.08. The largest absolute Gasteiger partial charge is 0.476 e. The maximum atomic E-state index is 10.6. The average molecular weight is 257 g/mol. The van der Waals surface area contributed by atoms with Gasteiger partial charge >= 0.3 is 5.97 Å². The minimum atomic E-state index is -1.03. The summed E-state index contributed by atoms with van der Waals surface area (Å²) in [6.07, 6.45) is 3.66. The summed E-state index contributed by atoms with van der Waals surface area (Å²) >= 11 is 1.89. The van der Waals surface area contributed by atoms with Gasteiger partial charge in [0.1, 0.15) is 0 Å². The van der Waals surface area contributed by atoms with Crippen LogP contribution in [0.25, 0.3) is 0 Å². The van der Waals surface area contributed by atoms with Gasteiger partial charge in [0.2, 0.25) is 0 Å². The third kappa shape index (κ3) is 3.71. The second-order valence-corrected chi connectivity index (χ2v) is 5.26. The lowest BCUT2D eigenvalue weighted by molar-refractivity contribution is 0.0690. The van der Waals surface area contributed by atoms with E-state index in [0.717, 1.165) is 31.8 Å². The first-order valence-corrected chi connectivity index (χ1v) is 6.63. The summed E-state index contributed by atoms with van der Waals surface area (Å²) in [5, 5.41) is 16.7. The zero-order valence-corrected chi connectivity index (χ0v) is 10.2. The Balaban J connectivity index is 1.71. The summed E-state index contributed by atoms with van der Waals surface area (Å²) in [4.78, 5) is 10.6. The van der Waals surface area contributed by atoms with Crippen molar-refractivity contribution in [3.05, 3.63) is 11.9 Å². The standard InChI is InChI=1S/C10H15N3O3S/c14-10(15)9-7-13(12-11-9)3-6-17-8-1-4-16-5-2-8/h7-8H,1-6H2,(H,14,15). The fourth-order valence-electron chi connectivity index (χ4n) is 1.66. The predicted octanol–water partition coefficient (Wildman–Crippen LogP) is 0.888. The number of carboxylic acids is 1. The maximum absolute atomic E-state index is 10.6. The molecule has 17 heavy (non-hydrogen) atoms. The van der Waals surface area contributed by atoms with E-state index in [0.29, 0.717) is 11.8 Å². The first kappa shape index (κ1) is 12.4. The van der Waals surface area contributed by atoms with E-state index in [9.17, 15) is 4.79 Å². The van der Waals surface area contributed by atoms with E-state index in [2.05, 4.69) is 10.3 Å². The number of ether oxygens (including phenoxy) is 1. The molecule has 6 nitrogen and oxygen atoms in total. The van der Waals surface area contributed by atoms with E-state index >= 15 is 0 Å². The van der Waals surface area contributed by atoms with Crippen molar-refractivity contribution in [1.82, 2.24) is 15.0 Å². The molecular weight excluding hydrogens is 242 g/mol. The highest BCUT2D eigenvalue weighted by atomic mass is 32.2. The SMILES string of the molecule is O=C(O)c1cn(CCSC2CCOCC2)nn1. The zero-order chi connectivity index (χ0) is 12.1. The van der Waals surface area contributed by atoms with E-state index in [-0.39, 0.29) is 5.69 Å². The highest BCUT2D eigenvalue weighted by Gasteiger charge is 2.14. The molecule has 1 aliphatic rings. The van der Waals surface area contributed by atoms with Gasteiger partial charge in [-0.1, -0.05) is 5.21 Å². The molecule has 0 spiro atoms. The lowest BCUT2D eigenvalue weighted by atomic mass is 10.2. The quantitative estimate of drug-likeness (QED) is 0.844. The summed E-state index contributed by atoms with van der Waals surface area (Å²) in [7, 11) is 0. The first-order valence-electron chi connectivity index (χ1n) is 5.58. The van der Waals surface area contributed by atoms with Gasteiger partial charge in [0.15, 0.2) is 5.69 Å². The van der Waals surface area contributed by atoms with E-state index < -0.39 is 5.97 Å². The monoisotopic (exact) mass is 257 g/mol. The molecule has 94 valence electrons. The highest BCUT2D eigenvalue weighted by molar-refractivity contribution is 7.99. The lowest BCUT2D eigenvalue weighted by Crippen LogP contribution is -2.18. The van der Waals surface area contributed by atoms with Crippen LogP contribution in [0.2, 0.25) is 0 Å². The van der Waals surface area contributed by atoms with Crippen LogP contribution < -0.4 is 0 Å². The smallest absolute Gasteiger partial charge is 0.358 e. The molecule has 0 unspecified atom stereocenters. The average Bonchev–Trinajstić information content (AvgIpc) is 2.79. The van der Waals surface area contributed by atoms with Gasteiger partial charge in [-0.15, -0.1) is 5.10 Å². The Bertz CT molecular complexity index is 377. The maximum Gasteiger partial charge on any atom is 0.358 e. The summed E-state index contributed by atoms with van der Waals surface area (Å²) in [5.74, 6) is -0.110. The molecule has 0 saturated carbocycles. The van der Waals surface area contributed by atoms with Crippen LogP contribution in [0.5, 0.6) is 0 Å². The van der Waals surface area contributed by atoms with Crippen LogP contribution >= 0.6 is 11.8 Å². The fraction of sp³-hybridized carbons (Fsp3) is 0.700. The van der Waals surface area contributed by atoms with Crippen molar-refractivity contribution in [3.63, 3.8) is 0 Å². The predicted molar refractivity (Wildman–Crippen MR) is 63.3 cm³/mol. The third-order valence-electron chi connectivity index (χ3n) is 2.60. The molecule has 0 aliphatic carbocycles. The van der Waals surface area contributed by atoms with Gasteiger partial charge < -0.3 is 9.84 Å². The minimum absolute atomic E-state index is 0.000987. The molecule has 0 radical (unpaired) electrons. The molecule has 0 atom stereocenters. The first-order chi connectivity index (χ1) is 8.25. The molecule has 1 aliphatic heterocycles. The van der Waals surface area contributed by atoms with Crippen molar-refractivity contribution in [2.45, 2.75) is 24.6 Å². The van der Waals surface area contributed by atoms with Gasteiger partial charge in [0, 0.05) is 24.2 Å². The number of nitrogens with zero attached hydrogens (tertiary/aromatic N) is 3. The molecule has 0 aromatic carbocycles. The van der Waals surface area contributed by atoms with Crippen LogP contribution in [0, 0.1) is 0 Å². The number of hydrogen-bond acceptors (Lipinski definition) is 5. The molecule has 1 aromatic heterocycles. The molecule has 1 fully saturated rings. The number of aromatic nitrogens is 3. The molecule has 0 bridgehead atoms. The molecule has 1 saturated heterocycles. The Morgan fingerprint density at radius 2 is 2.35 bits per heavy atom. The van der Waals surface area contributed by atoms with Gasteiger partial charge in [0.25, 0.3) is 0 Å². The van der Waals surface area contributed by atoms with E-state index in [4.69, 9.17) is 9.84 Å². The van der Waals surface area contributed by atoms with Crippen LogP contribution in [-0.4, -0.2) is 50.3 Å². The van der Waals surface area contributed by atoms with E-state index in [1.54, 1.807) is 4.68 Å². The van der Waals surface area contributed by atoms with Crippen molar-refractivity contribution < 1.29 is 14.6 Å². The molecule has 2 heterocycles. The molecule has 1 N–H and O–H groups in total. The summed E-state index contributed by atoms with van der Waals surface area (Å²) in [6.45, 7) is 2.40. The number of aryl methyl sites for hydroxylation is 1. The number of carboxylic acid groups (broad SMARTS) is 1. The van der Waals surface area contributed by atoms with Gasteiger partial charge in [-0.2, -0.15) is 11.8 Å². The summed E-state index contributed by atoms with van der Waals surface area (Å²) in [6, 6.07) is 0. The van der Waals surface area contributed by atoms with Crippen LogP contribution in [0.1, 0.15) is 23.3 Å². The van der Waals surface area contributed by atoms with Crippen molar-refractivity contribution in [2.75, 3.05) is 19.0 Å². The second kappa shape index (κ2) is 6.02. The van der Waals surface area contributed by atoms with Crippen molar-refractivity contribution in [1.29, 1.82) is 0 Å². The molecule has 0 amide bonds. The Morgan fingerprint density at radius 3 is 3.00 bits per heavy atom. The second-order valence-electron chi connectivity index (χ2n) is 3.85. The number of hydrogen-bond donors (Lipinski definition) is 1. The van der Waals surface area contributed by atoms with Crippen molar-refractivity contribution in [2.24, 2.45) is 0 Å². The topological polar surface area (TPSA) is 77.2 Å². The Labute approximate surface area is 103 Å². The number of rotatable bonds is 5. The highest BCUT2D eigenvalue weighted by Crippen LogP contribution is 2.21. The van der Waals surface area contributed by atoms with E-state index in [1.807, 2.05) is 11.8 Å². The third-order valence-corrected chi connectivity index (χ3v) is 3.96. The number of carbonyl (C=O) groups is 1. The Kier molecular flexibility index (Phi) is 4.38. The van der Waals surface area contributed by atoms with Gasteiger partial charge in [-0.05, 0) is 12.8 Å². The molecule has 2 rings (SSSR count). The fourth-order valence-corrected chi connectivity index (χ4v) is 2.81. The van der Waals surface area contributed by atoms with Crippen molar-refractivity contribution >= 4 is 17.7 Å². The van der Waals surface area contributed by atoms with Gasteiger partial charge in [-0.25, -0.2) is 4.79 Å². The molecule has 7 heteroatoms. The molecule has 1 aromatic rings. The van der Waals surface area contributed by atoms with Crippen LogP contribution in [0.15, 0.2) is 6.20 Å². The minimum Gasteiger partial charge on any atom is -0.476 e. The van der Waals surface area contributed by atoms with Crippen molar-refractivity contribution in [3.8, 4) is 0 Å². The summed E-state index contributed by atoms with van der Waals surface area (Å²) in [5.41, 5.74) is 0.000987. The number of aromatic carboxylic acids is 1. The van der Waals surface area contributed by atoms with Crippen LogP contribution in [0.3, 0.4) is 0 Å². The normalized spacial score (nSPS) is 17.2. The van der Waals surface area contributed by atoms with Gasteiger partial charge in [-0.3, -0.25) is 4.68 Å². The van der Waals surface area contributed by atoms with Crippen LogP contribution in [0.4, 0.5) is 0 Å². The van der Waals surface area contributed by atoms with Gasteiger partial charge in [0.05, 0.1) is 12.7 Å². The number of thioether (sulfide) groups is 1. The van der Waals surface area contributed by atoms with E-state index in [1.165, 1.54) is 6.20 Å². The summed E-state index contributed by atoms with van der Waals surface area (Å²) < 4.78 is 6.87. The zero-order valence-electron chi connectivity index (χ0n) is 9.41. The van der Waals surface area contributed by atoms with Crippen LogP contribution in [-0.2, 0) is 11.3 Å². The Morgan fingerprint density at radius 1 is 1.59 bits per heavy atom.